The van der Waals surface area contributed by atoms with Crippen molar-refractivity contribution < 1.29 is 28.6 Å². The second-order valence-corrected chi connectivity index (χ2v) is 16.1. The van der Waals surface area contributed by atoms with Crippen LogP contribution in [0.3, 0.4) is 0 Å². The first kappa shape index (κ1) is 55.9. The van der Waals surface area contributed by atoms with Gasteiger partial charge in [0.05, 0.1) is 0 Å². The standard InChI is InChI=1S/C53H90O6/c1-4-7-10-13-16-19-22-25-26-27-29-31-34-37-40-43-46-52(55)58-49-50(48-57-51(54)45-42-39-36-33-30-24-21-18-15-12-9-6-3)59-53(56)47-44-41-38-35-32-28-23-20-17-14-11-8-5-2/h8,11,14,17-18,20-21,23,28,32,35,38,50H,4-7,9-10,12-13,15-16,19,22,24-27,29-31,33-34,36-37,39-49H2,1-3H3/b11-8-,17-14-,21-18-,23-20-,32-28-,38-35-. The minimum atomic E-state index is -0.812. The summed E-state index contributed by atoms with van der Waals surface area (Å²) in [6.45, 7) is 6.40. The molecule has 6 nitrogen and oxygen atoms in total. The predicted octanol–water partition coefficient (Wildman–Crippen LogP) is 15.9. The molecule has 0 fully saturated rings. The van der Waals surface area contributed by atoms with Gasteiger partial charge in [0.1, 0.15) is 13.2 Å². The summed E-state index contributed by atoms with van der Waals surface area (Å²) >= 11 is 0. The topological polar surface area (TPSA) is 78.9 Å². The molecule has 59 heavy (non-hydrogen) atoms. The highest BCUT2D eigenvalue weighted by Gasteiger charge is 2.19. The zero-order valence-electron chi connectivity index (χ0n) is 38.5. The second-order valence-electron chi connectivity index (χ2n) is 16.1. The lowest BCUT2D eigenvalue weighted by atomic mass is 10.0. The quantitative estimate of drug-likeness (QED) is 0.0200. The first-order valence-electron chi connectivity index (χ1n) is 24.5. The Morgan fingerprint density at radius 3 is 1.15 bits per heavy atom. The van der Waals surface area contributed by atoms with Crippen molar-refractivity contribution in [2.45, 2.75) is 232 Å². The van der Waals surface area contributed by atoms with Gasteiger partial charge in [0, 0.05) is 19.3 Å². The fourth-order valence-electron chi connectivity index (χ4n) is 6.64. The summed E-state index contributed by atoms with van der Waals surface area (Å²) < 4.78 is 16.7. The monoisotopic (exact) mass is 823 g/mol. The highest BCUT2D eigenvalue weighted by Crippen LogP contribution is 2.15. The van der Waals surface area contributed by atoms with Crippen LogP contribution < -0.4 is 0 Å². The molecule has 0 aliphatic carbocycles. The fourth-order valence-corrected chi connectivity index (χ4v) is 6.64. The maximum Gasteiger partial charge on any atom is 0.306 e. The molecule has 0 aromatic heterocycles. The Balaban J connectivity index is 4.46. The summed E-state index contributed by atoms with van der Waals surface area (Å²) in [5.41, 5.74) is 0. The van der Waals surface area contributed by atoms with Gasteiger partial charge in [-0.25, -0.2) is 0 Å². The van der Waals surface area contributed by atoms with Gasteiger partial charge in [-0.3, -0.25) is 14.4 Å². The van der Waals surface area contributed by atoms with Gasteiger partial charge in [0.2, 0.25) is 0 Å². The molecule has 0 amide bonds. The number of carbonyl (C=O) groups is 3. The van der Waals surface area contributed by atoms with Gasteiger partial charge >= 0.3 is 17.9 Å². The smallest absolute Gasteiger partial charge is 0.306 e. The third-order valence-electron chi connectivity index (χ3n) is 10.3. The highest BCUT2D eigenvalue weighted by atomic mass is 16.6. The number of esters is 3. The molecule has 0 bridgehead atoms. The van der Waals surface area contributed by atoms with Gasteiger partial charge in [-0.2, -0.15) is 0 Å². The largest absolute Gasteiger partial charge is 0.462 e. The molecule has 0 aliphatic heterocycles. The number of ether oxygens (including phenoxy) is 3. The molecule has 0 aromatic carbocycles. The van der Waals surface area contributed by atoms with E-state index < -0.39 is 6.10 Å². The summed E-state index contributed by atoms with van der Waals surface area (Å²) in [5, 5.41) is 0. The molecule has 0 N–H and O–H groups in total. The first-order chi connectivity index (χ1) is 29.0. The third kappa shape index (κ3) is 45.8. The van der Waals surface area contributed by atoms with Gasteiger partial charge in [-0.1, -0.05) is 222 Å². The van der Waals surface area contributed by atoms with E-state index in [1.165, 1.54) is 116 Å². The van der Waals surface area contributed by atoms with Crippen LogP contribution in [0.25, 0.3) is 0 Å². The second kappa shape index (κ2) is 47.5. The summed E-state index contributed by atoms with van der Waals surface area (Å²) in [6.07, 6.45) is 58.9. The van der Waals surface area contributed by atoms with Gasteiger partial charge < -0.3 is 14.2 Å². The van der Waals surface area contributed by atoms with E-state index in [0.29, 0.717) is 19.3 Å². The van der Waals surface area contributed by atoms with Crippen LogP contribution in [-0.2, 0) is 28.6 Å². The molecular formula is C53H90O6. The van der Waals surface area contributed by atoms with Crippen molar-refractivity contribution in [2.24, 2.45) is 0 Å². The molecule has 1 unspecified atom stereocenters. The minimum absolute atomic E-state index is 0.105. The number of hydrogen-bond donors (Lipinski definition) is 0. The van der Waals surface area contributed by atoms with E-state index in [-0.39, 0.29) is 37.5 Å². The first-order valence-corrected chi connectivity index (χ1v) is 24.5. The van der Waals surface area contributed by atoms with Crippen molar-refractivity contribution in [2.75, 3.05) is 13.2 Å². The van der Waals surface area contributed by atoms with Crippen LogP contribution in [0.5, 0.6) is 0 Å². The summed E-state index contributed by atoms with van der Waals surface area (Å²) in [6, 6.07) is 0. The number of carbonyl (C=O) groups excluding carboxylic acids is 3. The Morgan fingerprint density at radius 1 is 0.356 bits per heavy atom. The lowest BCUT2D eigenvalue weighted by molar-refractivity contribution is -0.167. The maximum atomic E-state index is 12.7. The van der Waals surface area contributed by atoms with E-state index in [4.69, 9.17) is 14.2 Å². The Hall–Kier alpha value is -3.15. The van der Waals surface area contributed by atoms with Gasteiger partial charge in [0.15, 0.2) is 6.10 Å². The molecule has 0 heterocycles. The lowest BCUT2D eigenvalue weighted by Crippen LogP contribution is -2.30. The predicted molar refractivity (Wildman–Crippen MR) is 251 cm³/mol. The Kier molecular flexibility index (Phi) is 45.0. The van der Waals surface area contributed by atoms with Crippen molar-refractivity contribution in [1.29, 1.82) is 0 Å². The molecule has 0 saturated carbocycles. The molecule has 0 aromatic rings. The van der Waals surface area contributed by atoms with Crippen LogP contribution in [0.4, 0.5) is 0 Å². The molecule has 0 aliphatic rings. The van der Waals surface area contributed by atoms with E-state index in [0.717, 1.165) is 64.2 Å². The van der Waals surface area contributed by atoms with Crippen molar-refractivity contribution in [3.8, 4) is 0 Å². The van der Waals surface area contributed by atoms with Crippen molar-refractivity contribution >= 4 is 17.9 Å². The summed E-state index contributed by atoms with van der Waals surface area (Å²) in [7, 11) is 0. The average Bonchev–Trinajstić information content (AvgIpc) is 3.23. The molecule has 6 heteroatoms. The van der Waals surface area contributed by atoms with Crippen molar-refractivity contribution in [1.82, 2.24) is 0 Å². The lowest BCUT2D eigenvalue weighted by Gasteiger charge is -2.18. The Labute approximate surface area is 363 Å². The van der Waals surface area contributed by atoms with Crippen LogP contribution in [0.15, 0.2) is 72.9 Å². The molecule has 338 valence electrons. The zero-order valence-corrected chi connectivity index (χ0v) is 38.5. The van der Waals surface area contributed by atoms with Crippen molar-refractivity contribution in [3.63, 3.8) is 0 Å². The third-order valence-corrected chi connectivity index (χ3v) is 10.3. The van der Waals surface area contributed by atoms with Gasteiger partial charge in [0.25, 0.3) is 0 Å². The average molecular weight is 823 g/mol. The van der Waals surface area contributed by atoms with E-state index in [1.54, 1.807) is 0 Å². The fraction of sp³-hybridized carbons (Fsp3) is 0.717. The molecule has 0 rings (SSSR count). The molecule has 1 atom stereocenters. The number of rotatable bonds is 43. The van der Waals surface area contributed by atoms with Crippen molar-refractivity contribution in [3.05, 3.63) is 72.9 Å². The molecule has 0 spiro atoms. The van der Waals surface area contributed by atoms with E-state index in [2.05, 4.69) is 39.0 Å². The maximum absolute atomic E-state index is 12.7. The van der Waals surface area contributed by atoms with Crippen LogP contribution in [0.1, 0.15) is 226 Å². The molecule has 0 saturated heterocycles. The minimum Gasteiger partial charge on any atom is -0.462 e. The van der Waals surface area contributed by atoms with Crippen LogP contribution in [0, 0.1) is 0 Å². The summed E-state index contributed by atoms with van der Waals surface area (Å²) in [4.78, 5) is 37.8. The van der Waals surface area contributed by atoms with Crippen LogP contribution >= 0.6 is 0 Å². The van der Waals surface area contributed by atoms with Crippen LogP contribution in [-0.4, -0.2) is 37.2 Å². The zero-order chi connectivity index (χ0) is 43.0. The van der Waals surface area contributed by atoms with Gasteiger partial charge in [-0.15, -0.1) is 0 Å². The van der Waals surface area contributed by atoms with E-state index in [9.17, 15) is 14.4 Å². The SMILES string of the molecule is CC\C=C/C=C\C=C/C=C\C=C/CCCC(=O)OC(COC(=O)CCCCCCC/C=C\CCCCC)COC(=O)CCCCCCCCCCCCCCCCCC. The number of allylic oxidation sites excluding steroid dienone is 12. The highest BCUT2D eigenvalue weighted by molar-refractivity contribution is 5.71. The normalized spacial score (nSPS) is 12.7. The molecular weight excluding hydrogens is 733 g/mol. The molecule has 0 radical (unpaired) electrons. The Morgan fingerprint density at radius 2 is 0.695 bits per heavy atom. The van der Waals surface area contributed by atoms with E-state index in [1.807, 2.05) is 54.7 Å². The number of hydrogen-bond acceptors (Lipinski definition) is 6. The number of unbranched alkanes of at least 4 members (excludes halogenated alkanes) is 24. The van der Waals surface area contributed by atoms with E-state index >= 15 is 0 Å². The van der Waals surface area contributed by atoms with Crippen LogP contribution in [0.2, 0.25) is 0 Å². The summed E-state index contributed by atoms with van der Waals surface area (Å²) in [5.74, 6) is -0.989. The Bertz CT molecular complexity index is 1130. The van der Waals surface area contributed by atoms with Gasteiger partial charge in [-0.05, 0) is 57.8 Å².